The highest BCUT2D eigenvalue weighted by atomic mass is 32.2. The van der Waals surface area contributed by atoms with E-state index in [0.29, 0.717) is 0 Å². The zero-order valence-electron chi connectivity index (χ0n) is 12.4. The lowest BCUT2D eigenvalue weighted by Gasteiger charge is -2.05. The molecule has 2 nitrogen and oxygen atoms in total. The van der Waals surface area contributed by atoms with Crippen LogP contribution in [0.2, 0.25) is 0 Å². The van der Waals surface area contributed by atoms with Gasteiger partial charge in [-0.1, -0.05) is 65.1 Å². The van der Waals surface area contributed by atoms with Crippen molar-refractivity contribution >= 4 is 35.3 Å². The zero-order chi connectivity index (χ0) is 15.5. The normalized spacial score (nSPS) is 10.8. The Kier molecular flexibility index (Phi) is 4.76. The van der Waals surface area contributed by atoms with Crippen molar-refractivity contribution < 1.29 is 0 Å². The number of aryl methyl sites for hydroxylation is 2. The van der Waals surface area contributed by atoms with Crippen LogP contribution in [0.5, 0.6) is 0 Å². The highest BCUT2D eigenvalue weighted by molar-refractivity contribution is 8.00. The molecule has 0 saturated carbocycles. The molecule has 3 rings (SSSR count). The highest BCUT2D eigenvalue weighted by Gasteiger charge is 2.07. The number of hydrogen-bond acceptors (Lipinski definition) is 4. The smallest absolute Gasteiger partial charge is 0.184 e. The molecule has 5 heteroatoms. The maximum atomic E-state index is 5.44. The first-order chi connectivity index (χ1) is 10.6. The fraction of sp³-hybridized carbons (Fsp3) is 0.176. The van der Waals surface area contributed by atoms with E-state index in [1.54, 1.807) is 23.1 Å². The lowest BCUT2D eigenvalue weighted by molar-refractivity contribution is 0.829. The van der Waals surface area contributed by atoms with Gasteiger partial charge in [0, 0.05) is 5.75 Å². The van der Waals surface area contributed by atoms with Crippen LogP contribution in [-0.2, 0) is 5.75 Å². The molecule has 0 bridgehead atoms. The zero-order valence-corrected chi connectivity index (χ0v) is 14.9. The molecule has 0 unspecified atom stereocenters. The fourth-order valence-corrected chi connectivity index (χ4v) is 4.57. The molecule has 0 N–H and O–H groups in total. The summed E-state index contributed by atoms with van der Waals surface area (Å²) in [6.07, 6.45) is 0. The molecule has 1 aromatic heterocycles. The first-order valence-corrected chi connectivity index (χ1v) is 9.19. The summed E-state index contributed by atoms with van der Waals surface area (Å²) in [5.74, 6) is 0.921. The van der Waals surface area contributed by atoms with Crippen molar-refractivity contribution in [2.75, 3.05) is 0 Å². The maximum Gasteiger partial charge on any atom is 0.184 e. The lowest BCUT2D eigenvalue weighted by Crippen LogP contribution is -1.95. The summed E-state index contributed by atoms with van der Waals surface area (Å²) in [7, 11) is 0. The van der Waals surface area contributed by atoms with Gasteiger partial charge in [0.25, 0.3) is 0 Å². The Hall–Kier alpha value is -1.43. The van der Waals surface area contributed by atoms with E-state index in [0.717, 1.165) is 19.7 Å². The number of rotatable bonds is 4. The Labute approximate surface area is 143 Å². The van der Waals surface area contributed by atoms with Crippen molar-refractivity contribution in [3.8, 4) is 5.69 Å². The molecule has 3 aromatic rings. The molecule has 0 aliphatic rings. The minimum atomic E-state index is 0.787. The van der Waals surface area contributed by atoms with Gasteiger partial charge in [0.2, 0.25) is 0 Å². The summed E-state index contributed by atoms with van der Waals surface area (Å²) in [6, 6.07) is 16.6. The molecule has 0 radical (unpaired) electrons. The summed E-state index contributed by atoms with van der Waals surface area (Å²) in [5, 5.41) is 4.64. The first-order valence-electron chi connectivity index (χ1n) is 6.98. The summed E-state index contributed by atoms with van der Waals surface area (Å²) in [6.45, 7) is 4.28. The van der Waals surface area contributed by atoms with Gasteiger partial charge >= 0.3 is 0 Å². The van der Waals surface area contributed by atoms with Crippen molar-refractivity contribution in [1.82, 2.24) is 9.78 Å². The quantitative estimate of drug-likeness (QED) is 0.455. The van der Waals surface area contributed by atoms with Gasteiger partial charge in [0.1, 0.15) is 0 Å². The highest BCUT2D eigenvalue weighted by Crippen LogP contribution is 2.28. The largest absolute Gasteiger partial charge is 0.211 e. The van der Waals surface area contributed by atoms with Crippen LogP contribution < -0.4 is 0 Å². The number of aromatic nitrogens is 2. The predicted octanol–water partition coefficient (Wildman–Crippen LogP) is 5.57. The van der Waals surface area contributed by atoms with Crippen LogP contribution in [0.3, 0.4) is 0 Å². The topological polar surface area (TPSA) is 17.8 Å². The number of para-hydroxylation sites is 1. The average Bonchev–Trinajstić information content (AvgIpc) is 2.90. The van der Waals surface area contributed by atoms with E-state index in [1.165, 1.54) is 16.7 Å². The first kappa shape index (κ1) is 15.5. The SMILES string of the molecule is Cc1ccc(C)c(CSc2nn(-c3ccccc3)c(=S)s2)c1. The van der Waals surface area contributed by atoms with E-state index < -0.39 is 0 Å². The van der Waals surface area contributed by atoms with Crippen molar-refractivity contribution in [2.45, 2.75) is 23.9 Å². The molecule has 0 saturated heterocycles. The van der Waals surface area contributed by atoms with Crippen LogP contribution in [0.25, 0.3) is 5.69 Å². The standard InChI is InChI=1S/C17H16N2S3/c1-12-8-9-13(2)14(10-12)11-21-16-18-19(17(20)22-16)15-6-4-3-5-7-15/h3-10H,11H2,1-2H3. The van der Waals surface area contributed by atoms with Gasteiger partial charge < -0.3 is 0 Å². The Morgan fingerprint density at radius 3 is 2.68 bits per heavy atom. The van der Waals surface area contributed by atoms with Gasteiger partial charge in [0.15, 0.2) is 8.29 Å². The van der Waals surface area contributed by atoms with E-state index in [2.05, 4.69) is 37.1 Å². The van der Waals surface area contributed by atoms with Crippen LogP contribution in [0.4, 0.5) is 0 Å². The van der Waals surface area contributed by atoms with E-state index >= 15 is 0 Å². The maximum absolute atomic E-state index is 5.44. The molecule has 22 heavy (non-hydrogen) atoms. The van der Waals surface area contributed by atoms with Crippen LogP contribution >= 0.6 is 35.3 Å². The lowest BCUT2D eigenvalue weighted by atomic mass is 10.1. The second-order valence-corrected chi connectivity index (χ2v) is 7.94. The Morgan fingerprint density at radius 1 is 1.14 bits per heavy atom. The van der Waals surface area contributed by atoms with Crippen LogP contribution in [0.1, 0.15) is 16.7 Å². The Balaban J connectivity index is 1.80. The van der Waals surface area contributed by atoms with Crippen LogP contribution in [0, 0.1) is 17.8 Å². The molecule has 2 aromatic carbocycles. The van der Waals surface area contributed by atoms with Gasteiger partial charge in [-0.25, -0.2) is 4.68 Å². The van der Waals surface area contributed by atoms with Gasteiger partial charge in [-0.3, -0.25) is 0 Å². The molecule has 0 aliphatic heterocycles. The third-order valence-electron chi connectivity index (χ3n) is 3.39. The number of thioether (sulfide) groups is 1. The van der Waals surface area contributed by atoms with Crippen LogP contribution in [0.15, 0.2) is 52.9 Å². The van der Waals surface area contributed by atoms with Crippen LogP contribution in [-0.4, -0.2) is 9.78 Å². The molecular weight excluding hydrogens is 328 g/mol. The van der Waals surface area contributed by atoms with Crippen molar-refractivity contribution in [2.24, 2.45) is 0 Å². The Bertz CT molecular complexity index is 835. The van der Waals surface area contributed by atoms with Crippen molar-refractivity contribution in [3.05, 3.63) is 69.2 Å². The van der Waals surface area contributed by atoms with Crippen molar-refractivity contribution in [1.29, 1.82) is 0 Å². The average molecular weight is 345 g/mol. The molecule has 0 aliphatic carbocycles. The third-order valence-corrected chi connectivity index (χ3v) is 5.80. The van der Waals surface area contributed by atoms with Gasteiger partial charge in [-0.05, 0) is 49.3 Å². The summed E-state index contributed by atoms with van der Waals surface area (Å²) >= 11 is 8.75. The number of nitrogens with zero attached hydrogens (tertiary/aromatic N) is 2. The summed E-state index contributed by atoms with van der Waals surface area (Å²) < 4.78 is 3.63. The Morgan fingerprint density at radius 2 is 1.91 bits per heavy atom. The van der Waals surface area contributed by atoms with Gasteiger partial charge in [-0.2, -0.15) is 0 Å². The monoisotopic (exact) mass is 344 g/mol. The minimum Gasteiger partial charge on any atom is -0.211 e. The number of benzene rings is 2. The number of hydrogen-bond donors (Lipinski definition) is 0. The molecule has 0 spiro atoms. The van der Waals surface area contributed by atoms with E-state index in [9.17, 15) is 0 Å². The van der Waals surface area contributed by atoms with E-state index in [1.807, 2.05) is 35.0 Å². The summed E-state index contributed by atoms with van der Waals surface area (Å²) in [4.78, 5) is 0. The third kappa shape index (κ3) is 3.48. The van der Waals surface area contributed by atoms with Gasteiger partial charge in [0.05, 0.1) is 5.69 Å². The fourth-order valence-electron chi connectivity index (χ4n) is 2.15. The molecule has 0 amide bonds. The van der Waals surface area contributed by atoms with E-state index in [4.69, 9.17) is 12.2 Å². The predicted molar refractivity (Wildman–Crippen MR) is 97.8 cm³/mol. The second kappa shape index (κ2) is 6.77. The van der Waals surface area contributed by atoms with Crippen molar-refractivity contribution in [3.63, 3.8) is 0 Å². The molecule has 0 fully saturated rings. The molecular formula is C17H16N2S3. The molecule has 1 heterocycles. The second-order valence-electron chi connectivity index (χ2n) is 5.10. The summed E-state index contributed by atoms with van der Waals surface area (Å²) in [5.41, 5.74) is 4.99. The van der Waals surface area contributed by atoms with E-state index in [-0.39, 0.29) is 0 Å². The molecule has 0 atom stereocenters. The van der Waals surface area contributed by atoms with Gasteiger partial charge in [-0.15, -0.1) is 5.10 Å². The minimum absolute atomic E-state index is 0.787. The molecule has 112 valence electrons.